The summed E-state index contributed by atoms with van der Waals surface area (Å²) >= 11 is 5.88. The van der Waals surface area contributed by atoms with Crippen LogP contribution >= 0.6 is 11.6 Å². The van der Waals surface area contributed by atoms with E-state index in [1.54, 1.807) is 6.07 Å². The zero-order valence-corrected chi connectivity index (χ0v) is 11.6. The molecule has 0 fully saturated rings. The average molecular weight is 287 g/mol. The maximum Gasteiger partial charge on any atom is 0.244 e. The van der Waals surface area contributed by atoms with E-state index in [0.29, 0.717) is 12.8 Å². The fourth-order valence-corrected chi connectivity index (χ4v) is 3.50. The number of anilines is 1. The Labute approximate surface area is 113 Å². The maximum atomic E-state index is 12.2. The summed E-state index contributed by atoms with van der Waals surface area (Å²) in [6.45, 7) is 1.85. The third kappa shape index (κ3) is 3.39. The predicted octanol–water partition coefficient (Wildman–Crippen LogP) is 2.00. The molecule has 1 aromatic rings. The Morgan fingerprint density at radius 2 is 2.22 bits per heavy atom. The Morgan fingerprint density at radius 1 is 1.56 bits per heavy atom. The number of nitrogens with two attached hydrogens (primary N) is 1. The van der Waals surface area contributed by atoms with E-state index in [-0.39, 0.29) is 21.6 Å². The molecule has 1 unspecified atom stereocenters. The van der Waals surface area contributed by atoms with E-state index < -0.39 is 10.0 Å². The highest BCUT2D eigenvalue weighted by molar-refractivity contribution is 7.89. The maximum absolute atomic E-state index is 12.2. The van der Waals surface area contributed by atoms with E-state index in [0.717, 1.165) is 0 Å². The molecule has 3 N–H and O–H groups in total. The Bertz CT molecular complexity index is 544. The van der Waals surface area contributed by atoms with E-state index in [1.165, 1.54) is 12.1 Å². The van der Waals surface area contributed by atoms with Crippen molar-refractivity contribution in [1.29, 1.82) is 0 Å². The van der Waals surface area contributed by atoms with Gasteiger partial charge < -0.3 is 5.73 Å². The van der Waals surface area contributed by atoms with Gasteiger partial charge in [0.05, 0.1) is 10.7 Å². The number of nitrogen functional groups attached to an aromatic ring is 1. The quantitative estimate of drug-likeness (QED) is 0.642. The molecule has 0 spiro atoms. The summed E-state index contributed by atoms with van der Waals surface area (Å²) in [7, 11) is -3.76. The highest BCUT2D eigenvalue weighted by Gasteiger charge is 2.23. The molecule has 0 aromatic heterocycles. The SMILES string of the molecule is C#CCC(CC)NS(=O)(=O)c1c(N)cccc1Cl. The lowest BCUT2D eigenvalue weighted by Crippen LogP contribution is -2.34. The van der Waals surface area contributed by atoms with Gasteiger partial charge in [-0.25, -0.2) is 13.1 Å². The number of terminal acetylenes is 1. The van der Waals surface area contributed by atoms with Gasteiger partial charge in [0.1, 0.15) is 4.90 Å². The topological polar surface area (TPSA) is 72.2 Å². The van der Waals surface area contributed by atoms with Gasteiger partial charge >= 0.3 is 0 Å². The first-order chi connectivity index (χ1) is 8.42. The van der Waals surface area contributed by atoms with Gasteiger partial charge in [0.2, 0.25) is 10.0 Å². The van der Waals surface area contributed by atoms with Crippen molar-refractivity contribution in [3.05, 3.63) is 23.2 Å². The number of nitrogens with one attached hydrogen (secondary N) is 1. The summed E-state index contributed by atoms with van der Waals surface area (Å²) < 4.78 is 26.9. The van der Waals surface area contributed by atoms with Crippen LogP contribution in [-0.4, -0.2) is 14.5 Å². The second-order valence-corrected chi connectivity index (χ2v) is 5.85. The zero-order valence-electron chi connectivity index (χ0n) is 9.98. The molecule has 0 saturated carbocycles. The molecule has 0 aliphatic carbocycles. The molecule has 6 heteroatoms. The Morgan fingerprint density at radius 3 is 2.72 bits per heavy atom. The third-order valence-corrected chi connectivity index (χ3v) is 4.51. The normalized spacial score (nSPS) is 12.9. The molecule has 0 amide bonds. The number of benzene rings is 1. The minimum atomic E-state index is -3.76. The van der Waals surface area contributed by atoms with Gasteiger partial charge in [-0.05, 0) is 18.6 Å². The molecule has 1 atom stereocenters. The molecule has 0 bridgehead atoms. The molecule has 1 aromatic carbocycles. The van der Waals surface area contributed by atoms with Crippen molar-refractivity contribution in [2.45, 2.75) is 30.7 Å². The van der Waals surface area contributed by atoms with Crippen LogP contribution in [0.2, 0.25) is 5.02 Å². The molecule has 18 heavy (non-hydrogen) atoms. The molecule has 4 nitrogen and oxygen atoms in total. The lowest BCUT2D eigenvalue weighted by Gasteiger charge is -2.16. The molecule has 0 radical (unpaired) electrons. The highest BCUT2D eigenvalue weighted by Crippen LogP contribution is 2.27. The van der Waals surface area contributed by atoms with Crippen molar-refractivity contribution in [2.75, 3.05) is 5.73 Å². The van der Waals surface area contributed by atoms with Crippen LogP contribution in [0.1, 0.15) is 19.8 Å². The van der Waals surface area contributed by atoms with Crippen molar-refractivity contribution in [1.82, 2.24) is 4.72 Å². The van der Waals surface area contributed by atoms with E-state index in [1.807, 2.05) is 6.92 Å². The standard InChI is InChI=1S/C12H15ClN2O2S/c1-3-6-9(4-2)15-18(16,17)12-10(13)7-5-8-11(12)14/h1,5,7-9,15H,4,6,14H2,2H3. The second kappa shape index (κ2) is 6.10. The van der Waals surface area contributed by atoms with Crippen molar-refractivity contribution in [3.8, 4) is 12.3 Å². The Hall–Kier alpha value is -1.22. The summed E-state index contributed by atoms with van der Waals surface area (Å²) in [6.07, 6.45) is 6.10. The molecular formula is C12H15ClN2O2S. The molecule has 1 rings (SSSR count). The first kappa shape index (κ1) is 14.8. The van der Waals surface area contributed by atoms with E-state index >= 15 is 0 Å². The van der Waals surface area contributed by atoms with Gasteiger partial charge in [-0.15, -0.1) is 12.3 Å². The van der Waals surface area contributed by atoms with Crippen LogP contribution in [0.25, 0.3) is 0 Å². The first-order valence-corrected chi connectivity index (χ1v) is 7.28. The third-order valence-electron chi connectivity index (χ3n) is 2.45. The van der Waals surface area contributed by atoms with Crippen LogP contribution in [0.5, 0.6) is 0 Å². The summed E-state index contributed by atoms with van der Waals surface area (Å²) in [5, 5.41) is 0.0954. The van der Waals surface area contributed by atoms with Crippen LogP contribution < -0.4 is 10.5 Å². The fourth-order valence-electron chi connectivity index (χ4n) is 1.50. The summed E-state index contributed by atoms with van der Waals surface area (Å²) in [6, 6.07) is 4.24. The van der Waals surface area contributed by atoms with E-state index in [9.17, 15) is 8.42 Å². The fraction of sp³-hybridized carbons (Fsp3) is 0.333. The zero-order chi connectivity index (χ0) is 13.8. The number of hydrogen-bond donors (Lipinski definition) is 2. The van der Waals surface area contributed by atoms with E-state index in [2.05, 4.69) is 10.6 Å². The largest absolute Gasteiger partial charge is 0.398 e. The van der Waals surface area contributed by atoms with E-state index in [4.69, 9.17) is 23.8 Å². The van der Waals surface area contributed by atoms with Crippen molar-refractivity contribution < 1.29 is 8.42 Å². The smallest absolute Gasteiger partial charge is 0.244 e. The van der Waals surface area contributed by atoms with Crippen molar-refractivity contribution in [2.24, 2.45) is 0 Å². The van der Waals surface area contributed by atoms with Crippen molar-refractivity contribution in [3.63, 3.8) is 0 Å². The number of sulfonamides is 1. The van der Waals surface area contributed by atoms with Crippen molar-refractivity contribution >= 4 is 27.3 Å². The summed E-state index contributed by atoms with van der Waals surface area (Å²) in [4.78, 5) is -0.0952. The molecule has 0 aliphatic rings. The van der Waals surface area contributed by atoms with Crippen LogP contribution in [0.4, 0.5) is 5.69 Å². The summed E-state index contributed by atoms with van der Waals surface area (Å²) in [5.41, 5.74) is 5.77. The second-order valence-electron chi connectivity index (χ2n) is 3.79. The predicted molar refractivity (Wildman–Crippen MR) is 73.7 cm³/mol. The minimum absolute atomic E-state index is 0.0952. The molecule has 98 valence electrons. The Balaban J connectivity index is 3.11. The number of halogens is 1. The van der Waals surface area contributed by atoms with Crippen LogP contribution in [-0.2, 0) is 10.0 Å². The van der Waals surface area contributed by atoms with Gasteiger partial charge in [0.15, 0.2) is 0 Å². The summed E-state index contributed by atoms with van der Waals surface area (Å²) in [5.74, 6) is 2.43. The number of hydrogen-bond acceptors (Lipinski definition) is 3. The Kier molecular flexibility index (Phi) is 5.03. The van der Waals surface area contributed by atoms with Gasteiger partial charge in [0.25, 0.3) is 0 Å². The van der Waals surface area contributed by atoms with Crippen LogP contribution in [0, 0.1) is 12.3 Å². The number of rotatable bonds is 5. The molecular weight excluding hydrogens is 272 g/mol. The van der Waals surface area contributed by atoms with Gasteiger partial charge in [-0.1, -0.05) is 24.6 Å². The van der Waals surface area contributed by atoms with Gasteiger partial charge in [-0.3, -0.25) is 0 Å². The molecule has 0 aliphatic heterocycles. The van der Waals surface area contributed by atoms with Crippen LogP contribution in [0.3, 0.4) is 0 Å². The lowest BCUT2D eigenvalue weighted by molar-refractivity contribution is 0.544. The minimum Gasteiger partial charge on any atom is -0.398 e. The van der Waals surface area contributed by atoms with Crippen LogP contribution in [0.15, 0.2) is 23.1 Å². The monoisotopic (exact) mass is 286 g/mol. The average Bonchev–Trinajstić information content (AvgIpc) is 2.27. The lowest BCUT2D eigenvalue weighted by atomic mass is 10.2. The van der Waals surface area contributed by atoms with Gasteiger partial charge in [-0.2, -0.15) is 0 Å². The molecule has 0 saturated heterocycles. The first-order valence-electron chi connectivity index (χ1n) is 5.42. The van der Waals surface area contributed by atoms with Gasteiger partial charge in [0, 0.05) is 12.5 Å². The molecule has 0 heterocycles. The highest BCUT2D eigenvalue weighted by atomic mass is 35.5.